The number of nitrogens with one attached hydrogen (secondary N) is 1. The molecule has 102 valence electrons. The van der Waals surface area contributed by atoms with Gasteiger partial charge in [-0.25, -0.2) is 9.97 Å². The second-order valence-corrected chi connectivity index (χ2v) is 4.81. The molecule has 0 saturated heterocycles. The Morgan fingerprint density at radius 1 is 1.21 bits per heavy atom. The third-order valence-corrected chi connectivity index (χ3v) is 3.14. The SMILES string of the molecule is CCCNc1cc(C)nc(-c2c(C)nn(C)c2C)n1. The summed E-state index contributed by atoms with van der Waals surface area (Å²) in [5, 5.41) is 7.74. The van der Waals surface area contributed by atoms with Crippen LogP contribution in [-0.2, 0) is 7.05 Å². The van der Waals surface area contributed by atoms with E-state index in [0.29, 0.717) is 0 Å². The number of aryl methyl sites for hydroxylation is 3. The summed E-state index contributed by atoms with van der Waals surface area (Å²) in [5.41, 5.74) is 4.05. The van der Waals surface area contributed by atoms with Crippen molar-refractivity contribution in [3.63, 3.8) is 0 Å². The van der Waals surface area contributed by atoms with Gasteiger partial charge in [0, 0.05) is 31.0 Å². The summed E-state index contributed by atoms with van der Waals surface area (Å²) in [7, 11) is 1.94. The van der Waals surface area contributed by atoms with Gasteiger partial charge in [-0.15, -0.1) is 0 Å². The van der Waals surface area contributed by atoms with Crippen LogP contribution < -0.4 is 5.32 Å². The van der Waals surface area contributed by atoms with E-state index in [1.165, 1.54) is 0 Å². The van der Waals surface area contributed by atoms with E-state index < -0.39 is 0 Å². The average molecular weight is 259 g/mol. The fourth-order valence-corrected chi connectivity index (χ4v) is 2.12. The highest BCUT2D eigenvalue weighted by Gasteiger charge is 2.15. The zero-order chi connectivity index (χ0) is 14.0. The lowest BCUT2D eigenvalue weighted by Crippen LogP contribution is -2.05. The van der Waals surface area contributed by atoms with Crippen LogP contribution in [0, 0.1) is 20.8 Å². The highest BCUT2D eigenvalue weighted by molar-refractivity contribution is 5.63. The normalized spacial score (nSPS) is 10.8. The van der Waals surface area contributed by atoms with Crippen molar-refractivity contribution in [3.05, 3.63) is 23.1 Å². The van der Waals surface area contributed by atoms with Crippen LogP contribution in [0.4, 0.5) is 5.82 Å². The van der Waals surface area contributed by atoms with Crippen molar-refractivity contribution >= 4 is 5.82 Å². The Balaban J connectivity index is 2.47. The maximum atomic E-state index is 4.60. The molecule has 0 unspecified atom stereocenters. The lowest BCUT2D eigenvalue weighted by molar-refractivity contribution is 0.731. The van der Waals surface area contributed by atoms with Crippen LogP contribution in [0.2, 0.25) is 0 Å². The van der Waals surface area contributed by atoms with E-state index in [0.717, 1.165) is 47.3 Å². The number of rotatable bonds is 4. The summed E-state index contributed by atoms with van der Waals surface area (Å²) in [4.78, 5) is 9.14. The van der Waals surface area contributed by atoms with Crippen molar-refractivity contribution in [2.75, 3.05) is 11.9 Å². The van der Waals surface area contributed by atoms with Gasteiger partial charge in [0.2, 0.25) is 0 Å². The van der Waals surface area contributed by atoms with Gasteiger partial charge < -0.3 is 5.32 Å². The number of aromatic nitrogens is 4. The van der Waals surface area contributed by atoms with E-state index >= 15 is 0 Å². The molecule has 0 radical (unpaired) electrons. The Morgan fingerprint density at radius 2 is 1.95 bits per heavy atom. The molecular formula is C14H21N5. The summed E-state index contributed by atoms with van der Waals surface area (Å²) in [6.45, 7) is 9.08. The van der Waals surface area contributed by atoms with Crippen molar-refractivity contribution in [1.29, 1.82) is 0 Å². The van der Waals surface area contributed by atoms with Gasteiger partial charge in [0.25, 0.3) is 0 Å². The molecule has 0 atom stereocenters. The molecule has 2 heterocycles. The summed E-state index contributed by atoms with van der Waals surface area (Å²) < 4.78 is 1.87. The fraction of sp³-hybridized carbons (Fsp3) is 0.500. The Bertz CT molecular complexity index is 586. The quantitative estimate of drug-likeness (QED) is 0.917. The van der Waals surface area contributed by atoms with Crippen LogP contribution in [0.25, 0.3) is 11.4 Å². The fourth-order valence-electron chi connectivity index (χ4n) is 2.12. The molecule has 0 amide bonds. The smallest absolute Gasteiger partial charge is 0.165 e. The van der Waals surface area contributed by atoms with Gasteiger partial charge in [-0.3, -0.25) is 4.68 Å². The monoisotopic (exact) mass is 259 g/mol. The first-order valence-corrected chi connectivity index (χ1v) is 6.63. The molecule has 0 aliphatic rings. The van der Waals surface area contributed by atoms with Crippen molar-refractivity contribution in [3.8, 4) is 11.4 Å². The van der Waals surface area contributed by atoms with Crippen LogP contribution >= 0.6 is 0 Å². The first kappa shape index (κ1) is 13.5. The molecular weight excluding hydrogens is 238 g/mol. The van der Waals surface area contributed by atoms with Crippen molar-refractivity contribution in [1.82, 2.24) is 19.7 Å². The molecule has 5 nitrogen and oxygen atoms in total. The van der Waals surface area contributed by atoms with E-state index in [-0.39, 0.29) is 0 Å². The van der Waals surface area contributed by atoms with Crippen LogP contribution in [-0.4, -0.2) is 26.3 Å². The predicted molar refractivity (Wildman–Crippen MR) is 77.2 cm³/mol. The van der Waals surface area contributed by atoms with Gasteiger partial charge in [0.05, 0.1) is 11.3 Å². The summed E-state index contributed by atoms with van der Waals surface area (Å²) in [6, 6.07) is 1.97. The first-order chi connectivity index (χ1) is 9.02. The van der Waals surface area contributed by atoms with Gasteiger partial charge in [-0.2, -0.15) is 5.10 Å². The molecule has 0 fully saturated rings. The molecule has 2 aromatic heterocycles. The van der Waals surface area contributed by atoms with Crippen LogP contribution in [0.3, 0.4) is 0 Å². The molecule has 1 N–H and O–H groups in total. The molecule has 19 heavy (non-hydrogen) atoms. The van der Waals surface area contributed by atoms with Crippen LogP contribution in [0.5, 0.6) is 0 Å². The van der Waals surface area contributed by atoms with E-state index in [1.54, 1.807) is 0 Å². The van der Waals surface area contributed by atoms with Gasteiger partial charge in [-0.1, -0.05) is 6.92 Å². The van der Waals surface area contributed by atoms with Gasteiger partial charge >= 0.3 is 0 Å². The summed E-state index contributed by atoms with van der Waals surface area (Å²) in [5.74, 6) is 1.63. The average Bonchev–Trinajstić information content (AvgIpc) is 2.60. The standard InChI is InChI=1S/C14H21N5/c1-6-7-15-12-8-9(2)16-14(17-12)13-10(3)18-19(5)11(13)4/h8H,6-7H2,1-5H3,(H,15,16,17). The molecule has 0 spiro atoms. The van der Waals surface area contributed by atoms with Crippen molar-refractivity contribution in [2.45, 2.75) is 34.1 Å². The minimum absolute atomic E-state index is 0.752. The Labute approximate surface area is 114 Å². The summed E-state index contributed by atoms with van der Waals surface area (Å²) in [6.07, 6.45) is 1.07. The molecule has 2 aromatic rings. The summed E-state index contributed by atoms with van der Waals surface area (Å²) >= 11 is 0. The second-order valence-electron chi connectivity index (χ2n) is 4.81. The molecule has 5 heteroatoms. The lowest BCUT2D eigenvalue weighted by Gasteiger charge is -2.08. The van der Waals surface area contributed by atoms with Crippen LogP contribution in [0.15, 0.2) is 6.07 Å². The number of hydrogen-bond donors (Lipinski definition) is 1. The topological polar surface area (TPSA) is 55.6 Å². The molecule has 2 rings (SSSR count). The van der Waals surface area contributed by atoms with Gasteiger partial charge in [-0.05, 0) is 27.2 Å². The second kappa shape index (κ2) is 5.38. The van der Waals surface area contributed by atoms with E-state index in [4.69, 9.17) is 0 Å². The predicted octanol–water partition coefficient (Wildman–Crippen LogP) is 2.62. The van der Waals surface area contributed by atoms with E-state index in [2.05, 4.69) is 27.3 Å². The maximum absolute atomic E-state index is 4.60. The highest BCUT2D eigenvalue weighted by Crippen LogP contribution is 2.24. The lowest BCUT2D eigenvalue weighted by atomic mass is 10.2. The van der Waals surface area contributed by atoms with Gasteiger partial charge in [0.1, 0.15) is 5.82 Å². The minimum Gasteiger partial charge on any atom is -0.370 e. The molecule has 0 aromatic carbocycles. The molecule has 0 aliphatic heterocycles. The van der Waals surface area contributed by atoms with Crippen molar-refractivity contribution in [2.24, 2.45) is 7.05 Å². The largest absolute Gasteiger partial charge is 0.370 e. The van der Waals surface area contributed by atoms with E-state index in [9.17, 15) is 0 Å². The molecule has 0 bridgehead atoms. The molecule has 0 saturated carbocycles. The highest BCUT2D eigenvalue weighted by atomic mass is 15.3. The number of hydrogen-bond acceptors (Lipinski definition) is 4. The zero-order valence-corrected chi connectivity index (χ0v) is 12.3. The van der Waals surface area contributed by atoms with Gasteiger partial charge in [0.15, 0.2) is 5.82 Å². The molecule has 0 aliphatic carbocycles. The minimum atomic E-state index is 0.752. The third kappa shape index (κ3) is 2.75. The Kier molecular flexibility index (Phi) is 3.83. The third-order valence-electron chi connectivity index (χ3n) is 3.14. The number of anilines is 1. The van der Waals surface area contributed by atoms with Crippen LogP contribution in [0.1, 0.15) is 30.4 Å². The Morgan fingerprint density at radius 3 is 2.53 bits per heavy atom. The first-order valence-electron chi connectivity index (χ1n) is 6.63. The maximum Gasteiger partial charge on any atom is 0.165 e. The van der Waals surface area contributed by atoms with E-state index in [1.807, 2.05) is 38.6 Å². The zero-order valence-electron chi connectivity index (χ0n) is 12.3. The Hall–Kier alpha value is -1.91. The van der Waals surface area contributed by atoms with Crippen molar-refractivity contribution < 1.29 is 0 Å². The number of nitrogens with zero attached hydrogens (tertiary/aromatic N) is 4.